The van der Waals surface area contributed by atoms with Gasteiger partial charge in [-0.1, -0.05) is 48.5 Å². The Kier molecular flexibility index (Phi) is 6.04. The van der Waals surface area contributed by atoms with E-state index in [1.807, 2.05) is 90.1 Å². The number of rotatable bonds is 6. The molecule has 0 N–H and O–H groups in total. The number of hydrogen-bond acceptors (Lipinski definition) is 3. The predicted octanol–water partition coefficient (Wildman–Crippen LogP) is 5.10. The van der Waals surface area contributed by atoms with Gasteiger partial charge >= 0.3 is 0 Å². The molecule has 1 amide bonds. The maximum atomic E-state index is 13.6. The molecule has 6 nitrogen and oxygen atoms in total. The van der Waals surface area contributed by atoms with Crippen LogP contribution in [0.1, 0.15) is 28.7 Å². The molecule has 4 aromatic rings. The standard InChI is InChI=1S/C24H24BrN5O/c1-4-29-15-20(25)21(26-29)16-28(3)24(31)22-17(2)30(19-13-9-6-10-14-19)27-23(22)18-11-7-5-8-12-18/h5-15H,4,16H2,1-3H3. The normalized spacial score (nSPS) is 11.0. The lowest BCUT2D eigenvalue weighted by Crippen LogP contribution is -2.27. The summed E-state index contributed by atoms with van der Waals surface area (Å²) in [5.74, 6) is -0.0866. The molecule has 2 aromatic heterocycles. The molecule has 0 aliphatic rings. The molecule has 0 bridgehead atoms. The molecular weight excluding hydrogens is 454 g/mol. The van der Waals surface area contributed by atoms with Crippen molar-refractivity contribution in [3.63, 3.8) is 0 Å². The van der Waals surface area contributed by atoms with E-state index in [-0.39, 0.29) is 5.91 Å². The zero-order valence-corrected chi connectivity index (χ0v) is 19.4. The van der Waals surface area contributed by atoms with Crippen LogP contribution >= 0.6 is 15.9 Å². The predicted molar refractivity (Wildman–Crippen MR) is 125 cm³/mol. The Morgan fingerprint density at radius 1 is 1.03 bits per heavy atom. The van der Waals surface area contributed by atoms with Crippen LogP contribution in [0, 0.1) is 6.92 Å². The van der Waals surface area contributed by atoms with Crippen molar-refractivity contribution in [2.45, 2.75) is 26.9 Å². The monoisotopic (exact) mass is 477 g/mol. The highest BCUT2D eigenvalue weighted by molar-refractivity contribution is 9.10. The van der Waals surface area contributed by atoms with Crippen LogP contribution in [0.25, 0.3) is 16.9 Å². The number of amides is 1. The number of para-hydroxylation sites is 1. The van der Waals surface area contributed by atoms with Crippen molar-refractivity contribution in [1.82, 2.24) is 24.5 Å². The Balaban J connectivity index is 1.76. The average molecular weight is 478 g/mol. The third-order valence-corrected chi connectivity index (χ3v) is 5.89. The van der Waals surface area contributed by atoms with Crippen molar-refractivity contribution in [1.29, 1.82) is 0 Å². The van der Waals surface area contributed by atoms with Crippen LogP contribution in [0.3, 0.4) is 0 Å². The van der Waals surface area contributed by atoms with Gasteiger partial charge in [-0.15, -0.1) is 0 Å². The molecule has 0 radical (unpaired) electrons. The topological polar surface area (TPSA) is 56.0 Å². The SMILES string of the molecule is CCn1cc(Br)c(CN(C)C(=O)c2c(-c3ccccc3)nn(-c3ccccc3)c2C)n1. The minimum Gasteiger partial charge on any atom is -0.336 e. The van der Waals surface area contributed by atoms with Crippen LogP contribution in [0.15, 0.2) is 71.3 Å². The van der Waals surface area contributed by atoms with E-state index in [0.717, 1.165) is 33.7 Å². The first-order valence-electron chi connectivity index (χ1n) is 10.2. The minimum absolute atomic E-state index is 0.0866. The van der Waals surface area contributed by atoms with Crippen molar-refractivity contribution in [2.75, 3.05) is 7.05 Å². The number of halogens is 1. The second-order valence-electron chi connectivity index (χ2n) is 7.36. The summed E-state index contributed by atoms with van der Waals surface area (Å²) in [6, 6.07) is 19.7. The van der Waals surface area contributed by atoms with Gasteiger partial charge in [0.05, 0.1) is 33.7 Å². The number of carbonyl (C=O) groups excluding carboxylic acids is 1. The van der Waals surface area contributed by atoms with Gasteiger partial charge in [0.1, 0.15) is 5.69 Å². The van der Waals surface area contributed by atoms with Crippen molar-refractivity contribution < 1.29 is 4.79 Å². The molecule has 0 aliphatic carbocycles. The van der Waals surface area contributed by atoms with E-state index < -0.39 is 0 Å². The van der Waals surface area contributed by atoms with E-state index in [4.69, 9.17) is 5.10 Å². The van der Waals surface area contributed by atoms with E-state index in [1.54, 1.807) is 11.9 Å². The molecule has 158 valence electrons. The lowest BCUT2D eigenvalue weighted by Gasteiger charge is -2.17. The summed E-state index contributed by atoms with van der Waals surface area (Å²) in [6.07, 6.45) is 1.93. The second-order valence-corrected chi connectivity index (χ2v) is 8.22. The molecule has 0 saturated heterocycles. The Bertz CT molecular complexity index is 1200. The average Bonchev–Trinajstić information content (AvgIpc) is 3.33. The van der Waals surface area contributed by atoms with Gasteiger partial charge in [0, 0.05) is 25.4 Å². The molecular formula is C24H24BrN5O. The molecule has 2 aromatic carbocycles. The van der Waals surface area contributed by atoms with E-state index in [2.05, 4.69) is 21.0 Å². The molecule has 0 spiro atoms. The van der Waals surface area contributed by atoms with Crippen LogP contribution in [-0.2, 0) is 13.1 Å². The molecule has 4 rings (SSSR count). The highest BCUT2D eigenvalue weighted by Crippen LogP contribution is 2.29. The molecule has 0 aliphatic heterocycles. The first-order valence-corrected chi connectivity index (χ1v) is 11.0. The lowest BCUT2D eigenvalue weighted by molar-refractivity contribution is 0.0783. The van der Waals surface area contributed by atoms with Crippen molar-refractivity contribution in [2.24, 2.45) is 0 Å². The Morgan fingerprint density at radius 3 is 2.29 bits per heavy atom. The van der Waals surface area contributed by atoms with Crippen LogP contribution in [-0.4, -0.2) is 37.4 Å². The Labute approximate surface area is 190 Å². The highest BCUT2D eigenvalue weighted by Gasteiger charge is 2.26. The highest BCUT2D eigenvalue weighted by atomic mass is 79.9. The van der Waals surface area contributed by atoms with Crippen LogP contribution in [0.4, 0.5) is 0 Å². The smallest absolute Gasteiger partial charge is 0.258 e. The van der Waals surface area contributed by atoms with Crippen LogP contribution < -0.4 is 0 Å². The third kappa shape index (κ3) is 4.18. The van der Waals surface area contributed by atoms with E-state index in [9.17, 15) is 4.79 Å². The summed E-state index contributed by atoms with van der Waals surface area (Å²) in [7, 11) is 1.80. The molecule has 0 unspecified atom stereocenters. The molecule has 0 atom stereocenters. The van der Waals surface area contributed by atoms with Gasteiger partial charge in [-0.25, -0.2) is 4.68 Å². The van der Waals surface area contributed by atoms with Crippen LogP contribution in [0.5, 0.6) is 0 Å². The van der Waals surface area contributed by atoms with E-state index in [1.165, 1.54) is 0 Å². The lowest BCUT2D eigenvalue weighted by atomic mass is 10.0. The maximum Gasteiger partial charge on any atom is 0.258 e. The summed E-state index contributed by atoms with van der Waals surface area (Å²) < 4.78 is 4.59. The number of nitrogens with zero attached hydrogens (tertiary/aromatic N) is 5. The fourth-order valence-electron chi connectivity index (χ4n) is 3.57. The summed E-state index contributed by atoms with van der Waals surface area (Å²) in [5.41, 5.74) is 4.74. The van der Waals surface area contributed by atoms with E-state index in [0.29, 0.717) is 17.8 Å². The van der Waals surface area contributed by atoms with Gasteiger partial charge in [-0.3, -0.25) is 9.48 Å². The van der Waals surface area contributed by atoms with Crippen molar-refractivity contribution in [3.8, 4) is 16.9 Å². The maximum absolute atomic E-state index is 13.6. The van der Waals surface area contributed by atoms with E-state index >= 15 is 0 Å². The summed E-state index contributed by atoms with van der Waals surface area (Å²) >= 11 is 3.55. The molecule has 2 heterocycles. The third-order valence-electron chi connectivity index (χ3n) is 5.22. The fraction of sp³-hybridized carbons (Fsp3) is 0.208. The molecule has 7 heteroatoms. The van der Waals surface area contributed by atoms with Gasteiger partial charge in [-0.2, -0.15) is 10.2 Å². The first kappa shape index (κ1) is 21.1. The fourth-order valence-corrected chi connectivity index (χ4v) is 4.01. The number of carbonyl (C=O) groups is 1. The largest absolute Gasteiger partial charge is 0.336 e. The molecule has 0 fully saturated rings. The van der Waals surface area contributed by atoms with Gasteiger partial charge in [0.25, 0.3) is 5.91 Å². The van der Waals surface area contributed by atoms with Gasteiger partial charge in [0.15, 0.2) is 0 Å². The number of hydrogen-bond donors (Lipinski definition) is 0. The van der Waals surface area contributed by atoms with Gasteiger partial charge in [0.2, 0.25) is 0 Å². The Hall–Kier alpha value is -3.19. The second kappa shape index (κ2) is 8.89. The zero-order valence-electron chi connectivity index (χ0n) is 17.8. The van der Waals surface area contributed by atoms with Gasteiger partial charge in [-0.05, 0) is 41.9 Å². The van der Waals surface area contributed by atoms with Crippen LogP contribution in [0.2, 0.25) is 0 Å². The molecule has 31 heavy (non-hydrogen) atoms. The van der Waals surface area contributed by atoms with Crippen molar-refractivity contribution >= 4 is 21.8 Å². The summed E-state index contributed by atoms with van der Waals surface area (Å²) in [6.45, 7) is 5.15. The summed E-state index contributed by atoms with van der Waals surface area (Å²) in [5, 5.41) is 9.39. The number of aromatic nitrogens is 4. The molecule has 0 saturated carbocycles. The number of benzene rings is 2. The van der Waals surface area contributed by atoms with Gasteiger partial charge < -0.3 is 4.90 Å². The number of aryl methyl sites for hydroxylation is 1. The van der Waals surface area contributed by atoms with Crippen molar-refractivity contribution in [3.05, 3.63) is 88.3 Å². The first-order chi connectivity index (χ1) is 15.0. The summed E-state index contributed by atoms with van der Waals surface area (Å²) in [4.78, 5) is 15.3. The Morgan fingerprint density at radius 2 is 1.68 bits per heavy atom. The quantitative estimate of drug-likeness (QED) is 0.388. The zero-order chi connectivity index (χ0) is 22.0. The minimum atomic E-state index is -0.0866.